The van der Waals surface area contributed by atoms with Gasteiger partial charge >= 0.3 is 5.97 Å². The molecule has 2 aromatic carbocycles. The molecule has 0 heterocycles. The summed E-state index contributed by atoms with van der Waals surface area (Å²) in [6, 6.07) is 11.2. The van der Waals surface area contributed by atoms with Crippen LogP contribution in [0.25, 0.3) is 0 Å². The highest BCUT2D eigenvalue weighted by Crippen LogP contribution is 2.29. The molecule has 1 atom stereocenters. The van der Waals surface area contributed by atoms with Crippen LogP contribution in [0.1, 0.15) is 34.0 Å². The van der Waals surface area contributed by atoms with Crippen LogP contribution in [-0.2, 0) is 9.53 Å². The average Bonchev–Trinajstić information content (AvgIpc) is 2.57. The van der Waals surface area contributed by atoms with Gasteiger partial charge in [-0.05, 0) is 51.0 Å². The van der Waals surface area contributed by atoms with Gasteiger partial charge in [0.2, 0.25) is 5.91 Å². The van der Waals surface area contributed by atoms with Crippen molar-refractivity contribution in [3.05, 3.63) is 58.7 Å². The third-order valence-electron chi connectivity index (χ3n) is 3.89. The number of aryl methyl sites for hydroxylation is 3. The minimum Gasteiger partial charge on any atom is -0.465 e. The van der Waals surface area contributed by atoms with Crippen LogP contribution in [0.4, 0.5) is 5.69 Å². The molecule has 0 aliphatic carbocycles. The first-order valence-corrected chi connectivity index (χ1v) is 8.94. The average molecular weight is 357 g/mol. The molecule has 0 aliphatic heterocycles. The summed E-state index contributed by atoms with van der Waals surface area (Å²) in [5.74, 6) is -0.499. The SMILES string of the molecule is COC(=O)c1ccccc1SC(C)C(=O)Nc1c(C)cc(C)cc1C. The Kier molecular flexibility index (Phi) is 6.26. The lowest BCUT2D eigenvalue weighted by atomic mass is 10.1. The zero-order chi connectivity index (χ0) is 18.6. The number of amides is 1. The lowest BCUT2D eigenvalue weighted by Gasteiger charge is -2.17. The fourth-order valence-electron chi connectivity index (χ4n) is 2.69. The van der Waals surface area contributed by atoms with Crippen molar-refractivity contribution < 1.29 is 14.3 Å². The smallest absolute Gasteiger partial charge is 0.338 e. The Hall–Kier alpha value is -2.27. The molecule has 0 fully saturated rings. The number of nitrogens with one attached hydrogen (secondary N) is 1. The molecule has 4 nitrogen and oxygen atoms in total. The van der Waals surface area contributed by atoms with Gasteiger partial charge in [0.1, 0.15) is 0 Å². The number of rotatable bonds is 5. The third-order valence-corrected chi connectivity index (χ3v) is 5.07. The Morgan fingerprint density at radius 1 is 1.08 bits per heavy atom. The molecular weight excluding hydrogens is 334 g/mol. The maximum absolute atomic E-state index is 12.6. The van der Waals surface area contributed by atoms with Crippen LogP contribution in [0.15, 0.2) is 41.3 Å². The summed E-state index contributed by atoms with van der Waals surface area (Å²) in [4.78, 5) is 25.2. The van der Waals surface area contributed by atoms with Crippen LogP contribution in [0.2, 0.25) is 0 Å². The number of anilines is 1. The van der Waals surface area contributed by atoms with Gasteiger partial charge in [0.25, 0.3) is 0 Å². The Bertz CT molecular complexity index is 778. The minimum absolute atomic E-state index is 0.0975. The second-order valence-electron chi connectivity index (χ2n) is 6.01. The number of carbonyl (C=O) groups is 2. The fraction of sp³-hybridized carbons (Fsp3) is 0.300. The molecule has 132 valence electrons. The van der Waals surface area contributed by atoms with Crippen LogP contribution < -0.4 is 5.32 Å². The molecule has 0 saturated carbocycles. The van der Waals surface area contributed by atoms with Crippen molar-refractivity contribution in [1.82, 2.24) is 0 Å². The fourth-order valence-corrected chi connectivity index (χ4v) is 3.68. The van der Waals surface area contributed by atoms with Crippen molar-refractivity contribution in [2.24, 2.45) is 0 Å². The van der Waals surface area contributed by atoms with Crippen molar-refractivity contribution >= 4 is 29.3 Å². The number of esters is 1. The Morgan fingerprint density at radius 2 is 1.68 bits per heavy atom. The van der Waals surface area contributed by atoms with Gasteiger partial charge in [-0.1, -0.05) is 29.8 Å². The van der Waals surface area contributed by atoms with Crippen molar-refractivity contribution in [2.75, 3.05) is 12.4 Å². The van der Waals surface area contributed by atoms with Gasteiger partial charge < -0.3 is 10.1 Å². The maximum Gasteiger partial charge on any atom is 0.338 e. The topological polar surface area (TPSA) is 55.4 Å². The van der Waals surface area contributed by atoms with Gasteiger partial charge in [-0.25, -0.2) is 4.79 Å². The van der Waals surface area contributed by atoms with Crippen molar-refractivity contribution in [2.45, 2.75) is 37.8 Å². The van der Waals surface area contributed by atoms with E-state index in [-0.39, 0.29) is 11.2 Å². The van der Waals surface area contributed by atoms with Crippen LogP contribution in [-0.4, -0.2) is 24.2 Å². The lowest BCUT2D eigenvalue weighted by molar-refractivity contribution is -0.115. The van der Waals surface area contributed by atoms with E-state index in [1.807, 2.05) is 52.0 Å². The summed E-state index contributed by atoms with van der Waals surface area (Å²) in [6.45, 7) is 7.83. The van der Waals surface area contributed by atoms with Gasteiger partial charge in [0, 0.05) is 10.6 Å². The number of methoxy groups -OCH3 is 1. The summed E-state index contributed by atoms with van der Waals surface area (Å²) in [5.41, 5.74) is 4.57. The minimum atomic E-state index is -0.402. The van der Waals surface area contributed by atoms with E-state index >= 15 is 0 Å². The highest BCUT2D eigenvalue weighted by atomic mass is 32.2. The molecule has 0 aromatic heterocycles. The van der Waals surface area contributed by atoms with Crippen molar-refractivity contribution in [3.8, 4) is 0 Å². The molecule has 1 amide bonds. The number of ether oxygens (including phenoxy) is 1. The monoisotopic (exact) mass is 357 g/mol. The largest absolute Gasteiger partial charge is 0.465 e. The zero-order valence-electron chi connectivity index (χ0n) is 15.2. The first kappa shape index (κ1) is 19.1. The van der Waals surface area contributed by atoms with Gasteiger partial charge in [-0.15, -0.1) is 11.8 Å². The second kappa shape index (κ2) is 8.21. The normalized spacial score (nSPS) is 11.7. The number of hydrogen-bond donors (Lipinski definition) is 1. The van der Waals surface area contributed by atoms with E-state index in [4.69, 9.17) is 4.74 Å². The summed E-state index contributed by atoms with van der Waals surface area (Å²) >= 11 is 1.34. The first-order valence-electron chi connectivity index (χ1n) is 8.06. The number of thioether (sulfide) groups is 1. The zero-order valence-corrected chi connectivity index (χ0v) is 16.0. The molecule has 0 radical (unpaired) electrons. The predicted molar refractivity (Wildman–Crippen MR) is 102 cm³/mol. The van der Waals surface area contributed by atoms with E-state index in [2.05, 4.69) is 5.32 Å². The maximum atomic E-state index is 12.6. The molecule has 0 spiro atoms. The summed E-state index contributed by atoms with van der Waals surface area (Å²) in [6.07, 6.45) is 0. The van der Waals surface area contributed by atoms with Crippen molar-refractivity contribution in [1.29, 1.82) is 0 Å². The first-order chi connectivity index (χ1) is 11.8. The van der Waals surface area contributed by atoms with Crippen LogP contribution in [0, 0.1) is 20.8 Å². The van der Waals surface area contributed by atoms with Gasteiger partial charge in [-0.3, -0.25) is 4.79 Å². The molecule has 1 unspecified atom stereocenters. The molecule has 0 aliphatic rings. The lowest BCUT2D eigenvalue weighted by Crippen LogP contribution is -2.23. The van der Waals surface area contributed by atoms with E-state index in [0.717, 1.165) is 21.7 Å². The quantitative estimate of drug-likeness (QED) is 0.631. The summed E-state index contributed by atoms with van der Waals surface area (Å²) in [5, 5.41) is 2.66. The highest BCUT2D eigenvalue weighted by Gasteiger charge is 2.20. The standard InChI is InChI=1S/C20H23NO3S/c1-12-10-13(2)18(14(3)11-12)21-19(22)15(4)25-17-9-7-6-8-16(17)20(23)24-5/h6-11,15H,1-5H3,(H,21,22). The van der Waals surface area contributed by atoms with E-state index in [9.17, 15) is 9.59 Å². The molecule has 2 aromatic rings. The number of carbonyl (C=O) groups excluding carboxylic acids is 2. The molecule has 25 heavy (non-hydrogen) atoms. The second-order valence-corrected chi connectivity index (χ2v) is 7.39. The molecule has 0 saturated heterocycles. The van der Waals surface area contributed by atoms with Gasteiger partial charge in [0.15, 0.2) is 0 Å². The molecule has 1 N–H and O–H groups in total. The molecule has 0 bridgehead atoms. The van der Waals surface area contributed by atoms with E-state index < -0.39 is 5.97 Å². The van der Waals surface area contributed by atoms with Gasteiger partial charge in [0.05, 0.1) is 17.9 Å². The highest BCUT2D eigenvalue weighted by molar-refractivity contribution is 8.00. The van der Waals surface area contributed by atoms with E-state index in [1.165, 1.54) is 24.4 Å². The number of hydrogen-bond acceptors (Lipinski definition) is 4. The summed E-state index contributed by atoms with van der Waals surface area (Å²) in [7, 11) is 1.35. The Balaban J connectivity index is 2.16. The predicted octanol–water partition coefficient (Wildman–Crippen LogP) is 4.52. The number of benzene rings is 2. The van der Waals surface area contributed by atoms with Crippen LogP contribution >= 0.6 is 11.8 Å². The Labute approximate surface area is 153 Å². The van der Waals surface area contributed by atoms with Crippen LogP contribution in [0.3, 0.4) is 0 Å². The van der Waals surface area contributed by atoms with Gasteiger partial charge in [-0.2, -0.15) is 0 Å². The van der Waals surface area contributed by atoms with E-state index in [0.29, 0.717) is 5.56 Å². The molecule has 5 heteroatoms. The van der Waals surface area contributed by atoms with Crippen molar-refractivity contribution in [3.63, 3.8) is 0 Å². The molecule has 2 rings (SSSR count). The van der Waals surface area contributed by atoms with Crippen LogP contribution in [0.5, 0.6) is 0 Å². The summed E-state index contributed by atoms with van der Waals surface area (Å²) < 4.78 is 4.80. The Morgan fingerprint density at radius 3 is 2.28 bits per heavy atom. The third kappa shape index (κ3) is 4.63. The molecular formula is C20H23NO3S. The van der Waals surface area contributed by atoms with E-state index in [1.54, 1.807) is 12.1 Å².